The summed E-state index contributed by atoms with van der Waals surface area (Å²) in [5.41, 5.74) is 0. The van der Waals surface area contributed by atoms with Gasteiger partial charge in [0.15, 0.2) is 15.7 Å². The van der Waals surface area contributed by atoms with E-state index < -0.39 is 15.1 Å². The Bertz CT molecular complexity index is 468. The summed E-state index contributed by atoms with van der Waals surface area (Å²) in [6.07, 6.45) is 1.25. The van der Waals surface area contributed by atoms with Crippen LogP contribution in [0.5, 0.6) is 0 Å². The molecule has 6 nitrogen and oxygen atoms in total. The lowest BCUT2D eigenvalue weighted by atomic mass is 10.2. The number of sulfone groups is 1. The van der Waals surface area contributed by atoms with Gasteiger partial charge in [-0.25, -0.2) is 8.42 Å². The molecule has 1 aromatic heterocycles. The van der Waals surface area contributed by atoms with Crippen LogP contribution in [0.4, 0.5) is 0 Å². The van der Waals surface area contributed by atoms with Crippen LogP contribution in [0.1, 0.15) is 42.8 Å². The molecular weight excluding hydrogens is 230 g/mol. The molecule has 2 atom stereocenters. The zero-order chi connectivity index (χ0) is 11.8. The number of hydrogen-bond donors (Lipinski definition) is 1. The first-order chi connectivity index (χ1) is 7.54. The summed E-state index contributed by atoms with van der Waals surface area (Å²) in [6, 6.07) is -0.0402. The summed E-state index contributed by atoms with van der Waals surface area (Å²) >= 11 is 0. The standard InChI is InChI=1S/C9H15N3O3S/c1-6(10-2)8-11-9(15-12-8)7-4-3-5-16(7,13)14/h6-7,10H,3-5H2,1-2H3. The van der Waals surface area contributed by atoms with E-state index in [0.29, 0.717) is 18.7 Å². The summed E-state index contributed by atoms with van der Waals surface area (Å²) in [4.78, 5) is 4.14. The molecule has 2 rings (SSSR count). The quantitative estimate of drug-likeness (QED) is 0.839. The Balaban J connectivity index is 2.25. The molecule has 0 bridgehead atoms. The van der Waals surface area contributed by atoms with Crippen LogP contribution in [-0.4, -0.2) is 31.4 Å². The Labute approximate surface area is 94.3 Å². The van der Waals surface area contributed by atoms with E-state index in [0.717, 1.165) is 0 Å². The maximum absolute atomic E-state index is 11.7. The molecule has 2 heterocycles. The van der Waals surface area contributed by atoms with Crippen LogP contribution in [-0.2, 0) is 9.84 Å². The third-order valence-corrected chi connectivity index (χ3v) is 5.04. The first-order valence-electron chi connectivity index (χ1n) is 5.27. The molecule has 1 N–H and O–H groups in total. The van der Waals surface area contributed by atoms with Gasteiger partial charge in [-0.1, -0.05) is 5.16 Å². The molecule has 0 aromatic carbocycles. The topological polar surface area (TPSA) is 85.1 Å². The monoisotopic (exact) mass is 245 g/mol. The molecule has 90 valence electrons. The fourth-order valence-corrected chi connectivity index (χ4v) is 3.53. The minimum absolute atomic E-state index is 0.0402. The third-order valence-electron chi connectivity index (χ3n) is 2.88. The molecule has 1 aromatic rings. The maximum atomic E-state index is 11.7. The highest BCUT2D eigenvalue weighted by Gasteiger charge is 2.37. The largest absolute Gasteiger partial charge is 0.338 e. The predicted octanol–water partition coefficient (Wildman–Crippen LogP) is 0.600. The molecule has 1 saturated heterocycles. The van der Waals surface area contributed by atoms with Crippen LogP contribution >= 0.6 is 0 Å². The summed E-state index contributed by atoms with van der Waals surface area (Å²) in [5, 5.41) is 6.16. The van der Waals surface area contributed by atoms with E-state index in [1.54, 1.807) is 7.05 Å². The molecule has 0 saturated carbocycles. The van der Waals surface area contributed by atoms with Crippen LogP contribution < -0.4 is 5.32 Å². The van der Waals surface area contributed by atoms with Gasteiger partial charge in [-0.05, 0) is 26.8 Å². The van der Waals surface area contributed by atoms with Crippen LogP contribution in [0.15, 0.2) is 4.52 Å². The first kappa shape index (κ1) is 11.5. The molecule has 0 spiro atoms. The highest BCUT2D eigenvalue weighted by molar-refractivity contribution is 7.91. The molecule has 16 heavy (non-hydrogen) atoms. The van der Waals surface area contributed by atoms with Crippen molar-refractivity contribution in [3.8, 4) is 0 Å². The van der Waals surface area contributed by atoms with Gasteiger partial charge in [0.05, 0.1) is 11.8 Å². The predicted molar refractivity (Wildman–Crippen MR) is 57.5 cm³/mol. The minimum atomic E-state index is -3.08. The van der Waals surface area contributed by atoms with Gasteiger partial charge in [0.1, 0.15) is 5.25 Å². The Hall–Kier alpha value is -0.950. The second-order valence-electron chi connectivity index (χ2n) is 4.00. The Morgan fingerprint density at radius 2 is 2.31 bits per heavy atom. The van der Waals surface area contributed by atoms with Gasteiger partial charge in [-0.2, -0.15) is 4.98 Å². The number of nitrogens with one attached hydrogen (secondary N) is 1. The van der Waals surface area contributed by atoms with Gasteiger partial charge in [-0.15, -0.1) is 0 Å². The lowest BCUT2D eigenvalue weighted by molar-refractivity contribution is 0.362. The molecule has 1 aliphatic heterocycles. The molecular formula is C9H15N3O3S. The SMILES string of the molecule is CNC(C)c1noc(C2CCCS2(=O)=O)n1. The maximum Gasteiger partial charge on any atom is 0.245 e. The van der Waals surface area contributed by atoms with Gasteiger partial charge in [0, 0.05) is 0 Å². The Morgan fingerprint density at radius 1 is 1.56 bits per heavy atom. The van der Waals surface area contributed by atoms with Crippen molar-refractivity contribution in [3.63, 3.8) is 0 Å². The zero-order valence-electron chi connectivity index (χ0n) is 9.30. The van der Waals surface area contributed by atoms with Gasteiger partial charge in [0.25, 0.3) is 0 Å². The van der Waals surface area contributed by atoms with E-state index in [1.807, 2.05) is 6.92 Å². The second kappa shape index (κ2) is 4.14. The highest BCUT2D eigenvalue weighted by atomic mass is 32.2. The van der Waals surface area contributed by atoms with Crippen molar-refractivity contribution >= 4 is 9.84 Å². The minimum Gasteiger partial charge on any atom is -0.338 e. The first-order valence-corrected chi connectivity index (χ1v) is 6.98. The molecule has 2 unspecified atom stereocenters. The Morgan fingerprint density at radius 3 is 2.88 bits per heavy atom. The number of hydrogen-bond acceptors (Lipinski definition) is 6. The number of aromatic nitrogens is 2. The van der Waals surface area contributed by atoms with Gasteiger partial charge in [0.2, 0.25) is 5.89 Å². The fourth-order valence-electron chi connectivity index (χ4n) is 1.75. The van der Waals surface area contributed by atoms with Gasteiger partial charge < -0.3 is 9.84 Å². The molecule has 1 aliphatic rings. The van der Waals surface area contributed by atoms with Crippen LogP contribution in [0, 0.1) is 0 Å². The zero-order valence-corrected chi connectivity index (χ0v) is 10.1. The van der Waals surface area contributed by atoms with Gasteiger partial charge >= 0.3 is 0 Å². The smallest absolute Gasteiger partial charge is 0.245 e. The van der Waals surface area contributed by atoms with E-state index in [9.17, 15) is 8.42 Å². The van der Waals surface area contributed by atoms with Crippen LogP contribution in [0.3, 0.4) is 0 Å². The van der Waals surface area contributed by atoms with Crippen molar-refractivity contribution in [3.05, 3.63) is 11.7 Å². The van der Waals surface area contributed by atoms with E-state index in [-0.39, 0.29) is 17.7 Å². The molecule has 0 amide bonds. The highest BCUT2D eigenvalue weighted by Crippen LogP contribution is 2.33. The number of rotatable bonds is 3. The lowest BCUT2D eigenvalue weighted by Gasteiger charge is -2.03. The van der Waals surface area contributed by atoms with Crippen LogP contribution in [0.25, 0.3) is 0 Å². The Kier molecular flexibility index (Phi) is 2.98. The van der Waals surface area contributed by atoms with Gasteiger partial charge in [-0.3, -0.25) is 0 Å². The van der Waals surface area contributed by atoms with E-state index in [4.69, 9.17) is 4.52 Å². The molecule has 7 heteroatoms. The fraction of sp³-hybridized carbons (Fsp3) is 0.778. The molecule has 0 aliphatic carbocycles. The lowest BCUT2D eigenvalue weighted by Crippen LogP contribution is -2.14. The van der Waals surface area contributed by atoms with Crippen molar-refractivity contribution in [1.82, 2.24) is 15.5 Å². The van der Waals surface area contributed by atoms with Crippen molar-refractivity contribution in [2.24, 2.45) is 0 Å². The van der Waals surface area contributed by atoms with Crippen molar-refractivity contribution < 1.29 is 12.9 Å². The normalized spacial score (nSPS) is 25.8. The van der Waals surface area contributed by atoms with E-state index in [2.05, 4.69) is 15.5 Å². The van der Waals surface area contributed by atoms with Crippen molar-refractivity contribution in [2.45, 2.75) is 31.1 Å². The van der Waals surface area contributed by atoms with E-state index in [1.165, 1.54) is 0 Å². The molecule has 1 fully saturated rings. The average molecular weight is 245 g/mol. The summed E-state index contributed by atoms with van der Waals surface area (Å²) in [7, 11) is -1.29. The third kappa shape index (κ3) is 1.97. The van der Waals surface area contributed by atoms with E-state index >= 15 is 0 Å². The average Bonchev–Trinajstić information content (AvgIpc) is 2.82. The van der Waals surface area contributed by atoms with Crippen molar-refractivity contribution in [1.29, 1.82) is 0 Å². The summed E-state index contributed by atoms with van der Waals surface area (Å²) < 4.78 is 28.4. The summed E-state index contributed by atoms with van der Waals surface area (Å²) in [5.74, 6) is 0.950. The summed E-state index contributed by atoms with van der Waals surface area (Å²) in [6.45, 7) is 1.89. The molecule has 0 radical (unpaired) electrons. The second-order valence-corrected chi connectivity index (χ2v) is 6.30. The number of nitrogens with zero attached hydrogens (tertiary/aromatic N) is 2. The van der Waals surface area contributed by atoms with Crippen LogP contribution in [0.2, 0.25) is 0 Å². The van der Waals surface area contributed by atoms with Crippen molar-refractivity contribution in [2.75, 3.05) is 12.8 Å².